The molecule has 0 amide bonds. The fourth-order valence-electron chi connectivity index (χ4n) is 0.523. The number of rotatable bonds is 0. The molecule has 56 valence electrons. The zero-order chi connectivity index (χ0) is 7.78. The Balaban J connectivity index is 3.07. The van der Waals surface area contributed by atoms with E-state index in [-0.39, 0.29) is 5.54 Å². The van der Waals surface area contributed by atoms with E-state index >= 15 is 0 Å². The van der Waals surface area contributed by atoms with E-state index in [1.165, 1.54) is 4.80 Å². The first kappa shape index (κ1) is 6.98. The van der Waals surface area contributed by atoms with E-state index in [0.717, 1.165) is 0 Å². The van der Waals surface area contributed by atoms with Gasteiger partial charge in [-0.1, -0.05) is 5.10 Å². The normalized spacial score (nSPS) is 11.9. The van der Waals surface area contributed by atoms with Crippen molar-refractivity contribution in [3.63, 3.8) is 0 Å². The molecule has 0 atom stereocenters. The van der Waals surface area contributed by atoms with Gasteiger partial charge < -0.3 is 0 Å². The van der Waals surface area contributed by atoms with E-state index in [1.807, 2.05) is 20.8 Å². The molecule has 1 aromatic heterocycles. The second kappa shape index (κ2) is 1.93. The molecule has 0 aliphatic carbocycles. The molecule has 0 unspecified atom stereocenters. The summed E-state index contributed by atoms with van der Waals surface area (Å²) in [4.78, 5) is 11.9. The van der Waals surface area contributed by atoms with Crippen LogP contribution < -0.4 is 5.69 Å². The molecule has 0 saturated heterocycles. The Morgan fingerprint density at radius 2 is 2.10 bits per heavy atom. The summed E-state index contributed by atoms with van der Waals surface area (Å²) in [6.07, 6.45) is 0. The Morgan fingerprint density at radius 3 is 2.30 bits per heavy atom. The first-order chi connectivity index (χ1) is 4.50. The third kappa shape index (κ3) is 1.23. The molecule has 0 saturated carbocycles. The fourth-order valence-corrected chi connectivity index (χ4v) is 0.523. The van der Waals surface area contributed by atoms with Crippen LogP contribution in [0.2, 0.25) is 0 Å². The van der Waals surface area contributed by atoms with Gasteiger partial charge >= 0.3 is 5.69 Å². The van der Waals surface area contributed by atoms with Gasteiger partial charge in [0.25, 0.3) is 0 Å². The second-order valence-corrected chi connectivity index (χ2v) is 3.09. The summed E-state index contributed by atoms with van der Waals surface area (Å²) in [6, 6.07) is 0. The predicted octanol–water partition coefficient (Wildman–Crippen LogP) is -0.279. The molecule has 5 heteroatoms. The van der Waals surface area contributed by atoms with Crippen molar-refractivity contribution in [3.05, 3.63) is 10.5 Å². The topological polar surface area (TPSA) is 63.6 Å². The summed E-state index contributed by atoms with van der Waals surface area (Å²) in [5.41, 5.74) is -0.606. The predicted molar refractivity (Wildman–Crippen MR) is 35.6 cm³/mol. The summed E-state index contributed by atoms with van der Waals surface area (Å²) < 4.78 is 0. The van der Waals surface area contributed by atoms with Crippen molar-refractivity contribution >= 4 is 0 Å². The maximum absolute atomic E-state index is 10.5. The van der Waals surface area contributed by atoms with Gasteiger partial charge in [0.05, 0.1) is 5.54 Å². The molecule has 0 spiro atoms. The minimum Gasteiger partial charge on any atom is -0.242 e. The molecule has 10 heavy (non-hydrogen) atoms. The molecule has 0 bridgehead atoms. The summed E-state index contributed by atoms with van der Waals surface area (Å²) in [5, 5.41) is 9.33. The van der Waals surface area contributed by atoms with Crippen LogP contribution in [-0.4, -0.2) is 20.2 Å². The number of nitrogens with one attached hydrogen (secondary N) is 1. The molecular weight excluding hydrogens is 132 g/mol. The molecule has 1 N–H and O–H groups in total. The smallest absolute Gasteiger partial charge is 0.242 e. The molecule has 0 radical (unpaired) electrons. The highest BCUT2D eigenvalue weighted by molar-refractivity contribution is 4.63. The Bertz CT molecular complexity index is 266. The molecule has 1 aromatic rings. The van der Waals surface area contributed by atoms with E-state index in [1.54, 1.807) is 0 Å². The Morgan fingerprint density at radius 1 is 1.50 bits per heavy atom. The minimum atomic E-state index is -0.407. The zero-order valence-corrected chi connectivity index (χ0v) is 6.25. The van der Waals surface area contributed by atoms with Crippen LogP contribution in [0.5, 0.6) is 0 Å². The summed E-state index contributed by atoms with van der Waals surface area (Å²) in [6.45, 7) is 5.78. The maximum atomic E-state index is 10.5. The largest absolute Gasteiger partial charge is 0.381 e. The van der Waals surface area contributed by atoms with Crippen molar-refractivity contribution < 1.29 is 0 Å². The van der Waals surface area contributed by atoms with Gasteiger partial charge in [-0.3, -0.25) is 0 Å². The molecule has 0 aliphatic heterocycles. The molecule has 1 heterocycles. The Kier molecular flexibility index (Phi) is 1.35. The highest BCUT2D eigenvalue weighted by atomic mass is 16.2. The van der Waals surface area contributed by atoms with Crippen LogP contribution in [0.4, 0.5) is 0 Å². The van der Waals surface area contributed by atoms with Crippen molar-refractivity contribution in [2.45, 2.75) is 26.3 Å². The lowest BCUT2D eigenvalue weighted by Gasteiger charge is -2.15. The first-order valence-corrected chi connectivity index (χ1v) is 3.02. The molecule has 0 fully saturated rings. The number of aromatic amines is 1. The number of hydrogen-bond acceptors (Lipinski definition) is 3. The van der Waals surface area contributed by atoms with Crippen LogP contribution in [0.3, 0.4) is 0 Å². The summed E-state index contributed by atoms with van der Waals surface area (Å²) in [5.74, 6) is 0. The summed E-state index contributed by atoms with van der Waals surface area (Å²) >= 11 is 0. The first-order valence-electron chi connectivity index (χ1n) is 3.02. The lowest BCUT2D eigenvalue weighted by molar-refractivity contribution is 0.305. The lowest BCUT2D eigenvalue weighted by atomic mass is 10.1. The van der Waals surface area contributed by atoms with Crippen molar-refractivity contribution in [2.24, 2.45) is 0 Å². The van der Waals surface area contributed by atoms with Crippen molar-refractivity contribution in [2.75, 3.05) is 0 Å². The Hall–Kier alpha value is -1.13. The number of tetrazole rings is 1. The lowest BCUT2D eigenvalue weighted by Crippen LogP contribution is -2.25. The highest BCUT2D eigenvalue weighted by Crippen LogP contribution is 2.06. The average Bonchev–Trinajstić information content (AvgIpc) is 2.11. The van der Waals surface area contributed by atoms with E-state index in [4.69, 9.17) is 0 Å². The van der Waals surface area contributed by atoms with Gasteiger partial charge in [-0.15, -0.1) is 0 Å². The van der Waals surface area contributed by atoms with Gasteiger partial charge in [0.2, 0.25) is 0 Å². The van der Waals surface area contributed by atoms with Crippen molar-refractivity contribution in [1.82, 2.24) is 20.2 Å². The minimum absolute atomic E-state index is 0.199. The van der Waals surface area contributed by atoms with Gasteiger partial charge in [-0.25, -0.2) is 9.89 Å². The molecule has 0 aliphatic rings. The van der Waals surface area contributed by atoms with Crippen LogP contribution in [0, 0.1) is 0 Å². The Labute approximate surface area is 58.0 Å². The number of hydrogen-bond donors (Lipinski definition) is 1. The zero-order valence-electron chi connectivity index (χ0n) is 6.25. The number of aromatic nitrogens is 4. The maximum Gasteiger partial charge on any atom is 0.381 e. The SMILES string of the molecule is CC(C)(C)n1nnc(=O)[nH]1. The van der Waals surface area contributed by atoms with Crippen LogP contribution in [-0.2, 0) is 5.54 Å². The quantitative estimate of drug-likeness (QED) is 0.542. The monoisotopic (exact) mass is 142 g/mol. The van der Waals surface area contributed by atoms with Crippen LogP contribution in [0.1, 0.15) is 20.8 Å². The van der Waals surface area contributed by atoms with Gasteiger partial charge in [-0.2, -0.15) is 4.80 Å². The number of H-pyrrole nitrogens is 1. The van der Waals surface area contributed by atoms with Gasteiger partial charge in [-0.05, 0) is 26.0 Å². The third-order valence-electron chi connectivity index (χ3n) is 1.06. The van der Waals surface area contributed by atoms with Crippen molar-refractivity contribution in [3.8, 4) is 0 Å². The highest BCUT2D eigenvalue weighted by Gasteiger charge is 2.14. The van der Waals surface area contributed by atoms with Gasteiger partial charge in [0.15, 0.2) is 0 Å². The van der Waals surface area contributed by atoms with Crippen molar-refractivity contribution in [1.29, 1.82) is 0 Å². The molecule has 1 rings (SSSR count). The number of nitrogens with zero attached hydrogens (tertiary/aromatic N) is 3. The van der Waals surface area contributed by atoms with E-state index < -0.39 is 5.69 Å². The van der Waals surface area contributed by atoms with E-state index in [9.17, 15) is 4.79 Å². The van der Waals surface area contributed by atoms with Gasteiger partial charge in [0.1, 0.15) is 0 Å². The fraction of sp³-hybridized carbons (Fsp3) is 0.800. The van der Waals surface area contributed by atoms with E-state index in [0.29, 0.717) is 0 Å². The second-order valence-electron chi connectivity index (χ2n) is 3.09. The van der Waals surface area contributed by atoms with E-state index in [2.05, 4.69) is 15.4 Å². The molecule has 0 aromatic carbocycles. The average molecular weight is 142 g/mol. The molecular formula is C5H10N4O. The molecule has 5 nitrogen and oxygen atoms in total. The van der Waals surface area contributed by atoms with Crippen LogP contribution >= 0.6 is 0 Å². The standard InChI is InChI=1S/C5H10N4O/c1-5(2,3)9-7-4(10)6-8-9/h1-3H3,(H,7,10). The van der Waals surface area contributed by atoms with Gasteiger partial charge in [0, 0.05) is 0 Å². The summed E-state index contributed by atoms with van der Waals surface area (Å²) in [7, 11) is 0. The van der Waals surface area contributed by atoms with Crippen LogP contribution in [0.15, 0.2) is 4.79 Å². The van der Waals surface area contributed by atoms with Crippen LogP contribution in [0.25, 0.3) is 0 Å². The third-order valence-corrected chi connectivity index (χ3v) is 1.06.